The van der Waals surface area contributed by atoms with E-state index >= 15 is 0 Å². The van der Waals surface area contributed by atoms with Crippen molar-refractivity contribution >= 4 is 17.0 Å². The maximum absolute atomic E-state index is 13.6. The normalized spacial score (nSPS) is 17.8. The van der Waals surface area contributed by atoms with Crippen LogP contribution in [0.3, 0.4) is 0 Å². The smallest absolute Gasteiger partial charge is 0.290 e. The first-order valence-corrected chi connectivity index (χ1v) is 8.26. The van der Waals surface area contributed by atoms with Crippen molar-refractivity contribution in [2.24, 2.45) is 0 Å². The van der Waals surface area contributed by atoms with Crippen molar-refractivity contribution in [3.8, 4) is 0 Å². The van der Waals surface area contributed by atoms with Crippen LogP contribution in [0.5, 0.6) is 0 Å². The minimum atomic E-state index is -0.307. The van der Waals surface area contributed by atoms with Crippen LogP contribution in [0.2, 0.25) is 0 Å². The van der Waals surface area contributed by atoms with Crippen molar-refractivity contribution in [3.63, 3.8) is 0 Å². The number of aromatic nitrogens is 1. The zero-order valence-corrected chi connectivity index (χ0v) is 13.8. The van der Waals surface area contributed by atoms with Gasteiger partial charge in [-0.15, -0.1) is 0 Å². The van der Waals surface area contributed by atoms with Crippen LogP contribution in [-0.2, 0) is 0 Å². The van der Waals surface area contributed by atoms with Crippen molar-refractivity contribution in [1.29, 1.82) is 0 Å². The summed E-state index contributed by atoms with van der Waals surface area (Å²) in [5.41, 5.74) is 2.89. The van der Waals surface area contributed by atoms with Crippen LogP contribution in [-0.4, -0.2) is 35.4 Å². The Hall–Kier alpha value is -2.73. The van der Waals surface area contributed by atoms with Crippen LogP contribution in [0.25, 0.3) is 11.1 Å². The van der Waals surface area contributed by atoms with Gasteiger partial charge >= 0.3 is 0 Å². The van der Waals surface area contributed by atoms with Crippen molar-refractivity contribution < 1.29 is 13.6 Å². The Bertz CT molecular complexity index is 937. The molecule has 0 bridgehead atoms. The SMILES string of the molecule is Cc1ccc2oc(C(=O)N3CCNCC3c3cccc(F)c3)cc2n1. The van der Waals surface area contributed by atoms with Gasteiger partial charge in [-0.25, -0.2) is 9.37 Å². The van der Waals surface area contributed by atoms with Crippen molar-refractivity contribution in [3.05, 3.63) is 65.3 Å². The third-order valence-corrected chi connectivity index (χ3v) is 4.46. The Morgan fingerprint density at radius 3 is 3.04 bits per heavy atom. The lowest BCUT2D eigenvalue weighted by atomic mass is 10.0. The topological polar surface area (TPSA) is 58.4 Å². The molecule has 1 amide bonds. The number of piperazine rings is 1. The van der Waals surface area contributed by atoms with Gasteiger partial charge in [0.1, 0.15) is 11.3 Å². The van der Waals surface area contributed by atoms with Crippen molar-refractivity contribution in [2.75, 3.05) is 19.6 Å². The molecule has 4 rings (SSSR count). The third-order valence-electron chi connectivity index (χ3n) is 4.46. The van der Waals surface area contributed by atoms with E-state index in [0.717, 1.165) is 11.3 Å². The Morgan fingerprint density at radius 2 is 2.20 bits per heavy atom. The summed E-state index contributed by atoms with van der Waals surface area (Å²) in [5.74, 6) is -0.248. The van der Waals surface area contributed by atoms with Gasteiger partial charge in [0.05, 0.1) is 6.04 Å². The van der Waals surface area contributed by atoms with Gasteiger partial charge < -0.3 is 14.6 Å². The number of hydrogen-bond acceptors (Lipinski definition) is 4. The molecule has 1 atom stereocenters. The van der Waals surface area contributed by atoms with Gasteiger partial charge in [0.25, 0.3) is 5.91 Å². The summed E-state index contributed by atoms with van der Waals surface area (Å²) in [5, 5.41) is 3.26. The molecular weight excluding hydrogens is 321 g/mol. The second-order valence-corrected chi connectivity index (χ2v) is 6.22. The lowest BCUT2D eigenvalue weighted by molar-refractivity contribution is 0.0603. The van der Waals surface area contributed by atoms with Crippen LogP contribution in [0.1, 0.15) is 27.9 Å². The zero-order chi connectivity index (χ0) is 17.4. The molecule has 3 aromatic rings. The van der Waals surface area contributed by atoms with Gasteiger partial charge in [-0.05, 0) is 36.8 Å². The Kier molecular flexibility index (Phi) is 3.97. The number of carbonyl (C=O) groups is 1. The number of pyridine rings is 1. The van der Waals surface area contributed by atoms with Crippen LogP contribution < -0.4 is 5.32 Å². The fraction of sp³-hybridized carbons (Fsp3) is 0.263. The number of amides is 1. The average molecular weight is 339 g/mol. The molecule has 6 heteroatoms. The number of carbonyl (C=O) groups excluding carboxylic acids is 1. The Morgan fingerprint density at radius 1 is 1.32 bits per heavy atom. The van der Waals surface area contributed by atoms with E-state index < -0.39 is 0 Å². The molecular formula is C19H18FN3O2. The van der Waals surface area contributed by atoms with Gasteiger partial charge in [-0.2, -0.15) is 0 Å². The van der Waals surface area contributed by atoms with Gasteiger partial charge in [0.2, 0.25) is 0 Å². The molecule has 1 aromatic carbocycles. The molecule has 1 N–H and O–H groups in total. The number of benzene rings is 1. The molecule has 2 aromatic heterocycles. The largest absolute Gasteiger partial charge is 0.449 e. The number of aryl methyl sites for hydroxylation is 1. The molecule has 1 fully saturated rings. The van der Waals surface area contributed by atoms with E-state index in [1.54, 1.807) is 17.0 Å². The minimum Gasteiger partial charge on any atom is -0.449 e. The summed E-state index contributed by atoms with van der Waals surface area (Å²) < 4.78 is 19.3. The third kappa shape index (κ3) is 3.00. The fourth-order valence-corrected chi connectivity index (χ4v) is 3.23. The summed E-state index contributed by atoms with van der Waals surface area (Å²) in [4.78, 5) is 19.1. The molecule has 0 spiro atoms. The van der Waals surface area contributed by atoms with E-state index in [1.165, 1.54) is 12.1 Å². The molecule has 0 aliphatic carbocycles. The van der Waals surface area contributed by atoms with E-state index in [0.29, 0.717) is 30.7 Å². The van der Waals surface area contributed by atoms with E-state index in [2.05, 4.69) is 10.3 Å². The summed E-state index contributed by atoms with van der Waals surface area (Å²) in [6.07, 6.45) is 0. The Balaban J connectivity index is 1.68. The first-order valence-electron chi connectivity index (χ1n) is 8.26. The second-order valence-electron chi connectivity index (χ2n) is 6.22. The highest BCUT2D eigenvalue weighted by Gasteiger charge is 2.30. The standard InChI is InChI=1S/C19H18FN3O2/c1-12-5-6-17-15(22-12)10-18(25-17)19(24)23-8-7-21-11-16(23)13-3-2-4-14(20)9-13/h2-6,9-10,16,21H,7-8,11H2,1H3. The van der Waals surface area contributed by atoms with Crippen LogP contribution >= 0.6 is 0 Å². The summed E-state index contributed by atoms with van der Waals surface area (Å²) in [6, 6.07) is 11.5. The van der Waals surface area contributed by atoms with Crippen molar-refractivity contribution in [2.45, 2.75) is 13.0 Å². The second kappa shape index (κ2) is 6.29. The highest BCUT2D eigenvalue weighted by molar-refractivity contribution is 5.95. The molecule has 1 aliphatic heterocycles. The minimum absolute atomic E-state index is 0.202. The molecule has 3 heterocycles. The molecule has 0 saturated carbocycles. The van der Waals surface area contributed by atoms with Gasteiger partial charge in [-0.3, -0.25) is 4.79 Å². The molecule has 1 saturated heterocycles. The quantitative estimate of drug-likeness (QED) is 0.780. The molecule has 1 unspecified atom stereocenters. The van der Waals surface area contributed by atoms with Crippen LogP contribution in [0.15, 0.2) is 46.9 Å². The first-order chi connectivity index (χ1) is 12.1. The number of furan rings is 1. The zero-order valence-electron chi connectivity index (χ0n) is 13.8. The number of nitrogens with zero attached hydrogens (tertiary/aromatic N) is 2. The fourth-order valence-electron chi connectivity index (χ4n) is 3.23. The highest BCUT2D eigenvalue weighted by Crippen LogP contribution is 2.27. The maximum Gasteiger partial charge on any atom is 0.290 e. The van der Waals surface area contributed by atoms with Gasteiger partial charge in [0.15, 0.2) is 11.3 Å². The van der Waals surface area contributed by atoms with Crippen LogP contribution in [0, 0.1) is 12.7 Å². The first kappa shape index (κ1) is 15.8. The summed E-state index contributed by atoms with van der Waals surface area (Å²) in [6.45, 7) is 3.69. The van der Waals surface area contributed by atoms with E-state index in [4.69, 9.17) is 4.42 Å². The average Bonchev–Trinajstić information content (AvgIpc) is 3.04. The lowest BCUT2D eigenvalue weighted by Crippen LogP contribution is -2.48. The highest BCUT2D eigenvalue weighted by atomic mass is 19.1. The lowest BCUT2D eigenvalue weighted by Gasteiger charge is -2.36. The monoisotopic (exact) mass is 339 g/mol. The number of halogens is 1. The van der Waals surface area contributed by atoms with Gasteiger partial charge in [0, 0.05) is 31.4 Å². The maximum atomic E-state index is 13.6. The Labute approximate surface area is 144 Å². The molecule has 128 valence electrons. The predicted molar refractivity (Wildman–Crippen MR) is 91.8 cm³/mol. The number of nitrogens with one attached hydrogen (secondary N) is 1. The van der Waals surface area contributed by atoms with E-state index in [9.17, 15) is 9.18 Å². The summed E-state index contributed by atoms with van der Waals surface area (Å²) >= 11 is 0. The van der Waals surface area contributed by atoms with Crippen LogP contribution in [0.4, 0.5) is 4.39 Å². The summed E-state index contributed by atoms with van der Waals surface area (Å²) in [7, 11) is 0. The number of fused-ring (bicyclic) bond motifs is 1. The number of hydrogen-bond donors (Lipinski definition) is 1. The predicted octanol–water partition coefficient (Wildman–Crippen LogP) is 3.06. The van der Waals surface area contributed by atoms with Crippen molar-refractivity contribution in [1.82, 2.24) is 15.2 Å². The molecule has 5 nitrogen and oxygen atoms in total. The molecule has 1 aliphatic rings. The van der Waals surface area contributed by atoms with Gasteiger partial charge in [-0.1, -0.05) is 12.1 Å². The number of rotatable bonds is 2. The molecule has 25 heavy (non-hydrogen) atoms. The van der Waals surface area contributed by atoms with E-state index in [1.807, 2.05) is 25.1 Å². The van der Waals surface area contributed by atoms with E-state index in [-0.39, 0.29) is 23.5 Å². The molecule has 0 radical (unpaired) electrons.